The van der Waals surface area contributed by atoms with Crippen LogP contribution in [0.15, 0.2) is 24.1 Å². The highest BCUT2D eigenvalue weighted by molar-refractivity contribution is 7.09. The maximum absolute atomic E-state index is 9.34. The van der Waals surface area contributed by atoms with Crippen molar-refractivity contribution in [2.24, 2.45) is 0 Å². The maximum Gasteiger partial charge on any atom is 0.112 e. The van der Waals surface area contributed by atoms with Gasteiger partial charge in [-0.05, 0) is 29.2 Å². The van der Waals surface area contributed by atoms with E-state index in [0.717, 1.165) is 22.8 Å². The van der Waals surface area contributed by atoms with Crippen molar-refractivity contribution in [1.29, 1.82) is 10.5 Å². The number of rotatable bonds is 7. The normalized spacial score (nSPS) is 11.1. The minimum atomic E-state index is 0.365. The zero-order valence-electron chi connectivity index (χ0n) is 21.1. The third-order valence-electron chi connectivity index (χ3n) is 5.44. The summed E-state index contributed by atoms with van der Waals surface area (Å²) in [6.07, 6.45) is 5.58. The fraction of sp³-hybridized carbons (Fsp3) is 0.538. The van der Waals surface area contributed by atoms with Crippen LogP contribution in [0.5, 0.6) is 0 Å². The van der Waals surface area contributed by atoms with Crippen LogP contribution >= 0.6 is 11.3 Å². The Morgan fingerprint density at radius 3 is 2.00 bits per heavy atom. The molecule has 3 aromatic rings. The first-order chi connectivity index (χ1) is 15.6. The summed E-state index contributed by atoms with van der Waals surface area (Å²) in [7, 11) is 0. The third kappa shape index (κ3) is 6.33. The Balaban J connectivity index is 0.000000245. The van der Waals surface area contributed by atoms with E-state index >= 15 is 0 Å². The van der Waals surface area contributed by atoms with Gasteiger partial charge in [0.25, 0.3) is 0 Å². The zero-order chi connectivity index (χ0) is 24.7. The second-order valence-corrected chi connectivity index (χ2v) is 10.4. The maximum atomic E-state index is 9.34. The molecule has 0 radical (unpaired) electrons. The predicted molar refractivity (Wildman–Crippen MR) is 135 cm³/mol. The Kier molecular flexibility index (Phi) is 9.44. The van der Waals surface area contributed by atoms with E-state index in [1.54, 1.807) is 17.7 Å². The van der Waals surface area contributed by atoms with Crippen molar-refractivity contribution in [1.82, 2.24) is 19.1 Å². The molecular formula is C26H36N6S. The largest absolute Gasteiger partial charge is 0.343 e. The first-order valence-electron chi connectivity index (χ1n) is 11.5. The van der Waals surface area contributed by atoms with Crippen LogP contribution in [0, 0.1) is 22.7 Å². The van der Waals surface area contributed by atoms with Crippen molar-refractivity contribution < 1.29 is 0 Å². The molecule has 0 atom stereocenters. The van der Waals surface area contributed by atoms with Crippen LogP contribution in [-0.2, 0) is 13.1 Å². The van der Waals surface area contributed by atoms with E-state index in [4.69, 9.17) is 5.26 Å². The molecule has 0 aliphatic rings. The molecule has 0 fully saturated rings. The lowest BCUT2D eigenvalue weighted by atomic mass is 9.94. The highest BCUT2D eigenvalue weighted by Gasteiger charge is 2.21. The number of aromatic nitrogens is 4. The second kappa shape index (κ2) is 11.8. The molecule has 0 aromatic carbocycles. The van der Waals surface area contributed by atoms with Gasteiger partial charge in [0.1, 0.15) is 17.6 Å². The smallest absolute Gasteiger partial charge is 0.112 e. The summed E-state index contributed by atoms with van der Waals surface area (Å²) in [6.45, 7) is 18.3. The van der Waals surface area contributed by atoms with Gasteiger partial charge < -0.3 is 9.13 Å². The minimum Gasteiger partial charge on any atom is -0.343 e. The summed E-state index contributed by atoms with van der Waals surface area (Å²) < 4.78 is 4.14. The number of hydrogen-bond acceptors (Lipinski definition) is 5. The fourth-order valence-electron chi connectivity index (χ4n) is 4.22. The van der Waals surface area contributed by atoms with Gasteiger partial charge in [-0.2, -0.15) is 10.5 Å². The van der Waals surface area contributed by atoms with Gasteiger partial charge >= 0.3 is 0 Å². The summed E-state index contributed by atoms with van der Waals surface area (Å²) in [5.41, 5.74) is 5.57. The molecule has 0 aliphatic carbocycles. The quantitative estimate of drug-likeness (QED) is 0.386. The average Bonchev–Trinajstić information content (AvgIpc) is 3.47. The number of imidazole rings is 1. The standard InChI is InChI=1S/C15H19N3S.C11H17N3/c1-10(2)14-12(7-16)8-18(15(14)11(3)4)9-13-17-5-6-19-13;1-8(2)10-11(9(3)4)14(6-5-12)7-13-10/h5-6,8,10-11H,9H2,1-4H3;7-9H,6H2,1-4H3. The molecule has 3 heterocycles. The van der Waals surface area contributed by atoms with Crippen molar-refractivity contribution >= 4 is 11.3 Å². The summed E-state index contributed by atoms with van der Waals surface area (Å²) in [5, 5.41) is 21.1. The average molecular weight is 465 g/mol. The van der Waals surface area contributed by atoms with Gasteiger partial charge in [-0.3, -0.25) is 0 Å². The fourth-order valence-corrected chi connectivity index (χ4v) is 4.83. The molecule has 7 heteroatoms. The molecule has 33 heavy (non-hydrogen) atoms. The van der Waals surface area contributed by atoms with Crippen molar-refractivity contribution in [3.05, 3.63) is 57.3 Å². The Morgan fingerprint density at radius 1 is 0.879 bits per heavy atom. The Hall–Kier alpha value is -2.90. The lowest BCUT2D eigenvalue weighted by molar-refractivity contribution is 0.671. The zero-order valence-corrected chi connectivity index (χ0v) is 21.9. The van der Waals surface area contributed by atoms with Gasteiger partial charge in [-0.1, -0.05) is 55.4 Å². The molecule has 3 aromatic heterocycles. The Labute approximate surface area is 202 Å². The molecule has 176 valence electrons. The van der Waals surface area contributed by atoms with Crippen LogP contribution in [0.1, 0.15) is 112 Å². The molecule has 0 spiro atoms. The van der Waals surface area contributed by atoms with Gasteiger partial charge in [0.2, 0.25) is 0 Å². The first kappa shape index (κ1) is 26.4. The second-order valence-electron chi connectivity index (χ2n) is 9.43. The van der Waals surface area contributed by atoms with Gasteiger partial charge in [0, 0.05) is 29.2 Å². The van der Waals surface area contributed by atoms with Crippen LogP contribution in [0.3, 0.4) is 0 Å². The Morgan fingerprint density at radius 2 is 1.55 bits per heavy atom. The molecule has 0 unspecified atom stereocenters. The predicted octanol–water partition coefficient (Wildman–Crippen LogP) is 6.76. The van der Waals surface area contributed by atoms with Crippen molar-refractivity contribution in [3.8, 4) is 12.1 Å². The molecule has 0 saturated heterocycles. The van der Waals surface area contributed by atoms with E-state index in [-0.39, 0.29) is 0 Å². The third-order valence-corrected chi connectivity index (χ3v) is 6.20. The van der Waals surface area contributed by atoms with Crippen molar-refractivity contribution in [2.45, 2.75) is 92.2 Å². The summed E-state index contributed by atoms with van der Waals surface area (Å²) in [5.74, 6) is 1.61. The van der Waals surface area contributed by atoms with Gasteiger partial charge in [-0.15, -0.1) is 11.3 Å². The van der Waals surface area contributed by atoms with Crippen LogP contribution < -0.4 is 0 Å². The first-order valence-corrected chi connectivity index (χ1v) is 12.4. The summed E-state index contributed by atoms with van der Waals surface area (Å²) in [6, 6.07) is 4.49. The van der Waals surface area contributed by atoms with E-state index in [1.165, 1.54) is 17.0 Å². The molecule has 3 rings (SSSR count). The molecule has 0 aliphatic heterocycles. The molecule has 6 nitrogen and oxygen atoms in total. The molecule has 0 bridgehead atoms. The lowest BCUT2D eigenvalue weighted by Gasteiger charge is -2.15. The SMILES string of the molecule is CC(C)c1c(C#N)cn(Cc2nccs2)c1C(C)C.CC(C)c1ncn(CC#N)c1C(C)C. The van der Waals surface area contributed by atoms with Gasteiger partial charge in [0.15, 0.2) is 0 Å². The molecular weight excluding hydrogens is 428 g/mol. The topological polar surface area (TPSA) is 83.2 Å². The lowest BCUT2D eigenvalue weighted by Crippen LogP contribution is -2.07. The molecule has 0 N–H and O–H groups in total. The molecule has 0 amide bonds. The van der Waals surface area contributed by atoms with E-state index in [9.17, 15) is 5.26 Å². The van der Waals surface area contributed by atoms with Crippen LogP contribution in [0.2, 0.25) is 0 Å². The van der Waals surface area contributed by atoms with Crippen molar-refractivity contribution in [3.63, 3.8) is 0 Å². The highest BCUT2D eigenvalue weighted by Crippen LogP contribution is 2.31. The molecule has 0 saturated carbocycles. The number of hydrogen-bond donors (Lipinski definition) is 0. The van der Waals surface area contributed by atoms with Crippen LogP contribution in [-0.4, -0.2) is 19.1 Å². The van der Waals surface area contributed by atoms with E-state index < -0.39 is 0 Å². The minimum absolute atomic E-state index is 0.365. The van der Waals surface area contributed by atoms with Crippen LogP contribution in [0.25, 0.3) is 0 Å². The monoisotopic (exact) mass is 464 g/mol. The van der Waals surface area contributed by atoms with Gasteiger partial charge in [0.05, 0.1) is 30.2 Å². The summed E-state index contributed by atoms with van der Waals surface area (Å²) >= 11 is 1.65. The summed E-state index contributed by atoms with van der Waals surface area (Å²) in [4.78, 5) is 8.70. The van der Waals surface area contributed by atoms with E-state index in [0.29, 0.717) is 30.2 Å². The van der Waals surface area contributed by atoms with E-state index in [1.807, 2.05) is 22.3 Å². The Bertz CT molecular complexity index is 1100. The number of nitriles is 2. The van der Waals surface area contributed by atoms with Gasteiger partial charge in [-0.25, -0.2) is 9.97 Å². The van der Waals surface area contributed by atoms with Crippen molar-refractivity contribution in [2.75, 3.05) is 0 Å². The highest BCUT2D eigenvalue weighted by atomic mass is 32.1. The number of nitrogens with zero attached hydrogens (tertiary/aromatic N) is 6. The van der Waals surface area contributed by atoms with Crippen LogP contribution in [0.4, 0.5) is 0 Å². The van der Waals surface area contributed by atoms with E-state index in [2.05, 4.69) is 82.1 Å². The number of thiazole rings is 1.